The first-order valence-corrected chi connectivity index (χ1v) is 5.44. The van der Waals surface area contributed by atoms with Crippen LogP contribution in [-0.4, -0.2) is 25.7 Å². The van der Waals surface area contributed by atoms with Crippen molar-refractivity contribution < 1.29 is 9.53 Å². The fraction of sp³-hybridized carbons (Fsp3) is 0.818. The zero-order chi connectivity index (χ0) is 11.7. The quantitative estimate of drug-likeness (QED) is 0.650. The summed E-state index contributed by atoms with van der Waals surface area (Å²) in [5, 5.41) is 11.7. The summed E-state index contributed by atoms with van der Waals surface area (Å²) in [4.78, 5) is 11.7. The molecule has 0 rings (SSSR count). The van der Waals surface area contributed by atoms with Gasteiger partial charge in [-0.1, -0.05) is 13.8 Å². The SMILES string of the molecule is CCOCCNC(=O)C(C#N)(CC)CC. The number of ether oxygens (including phenoxy) is 1. The molecule has 0 aromatic carbocycles. The van der Waals surface area contributed by atoms with Crippen LogP contribution in [0.2, 0.25) is 0 Å². The Morgan fingerprint density at radius 3 is 2.40 bits per heavy atom. The van der Waals surface area contributed by atoms with Crippen molar-refractivity contribution in [2.75, 3.05) is 19.8 Å². The smallest absolute Gasteiger partial charge is 0.240 e. The highest BCUT2D eigenvalue weighted by molar-refractivity contribution is 5.85. The average Bonchev–Trinajstić information content (AvgIpc) is 2.28. The van der Waals surface area contributed by atoms with Gasteiger partial charge in [-0.2, -0.15) is 5.26 Å². The second kappa shape index (κ2) is 7.24. The van der Waals surface area contributed by atoms with Gasteiger partial charge in [0.1, 0.15) is 5.41 Å². The molecule has 4 heteroatoms. The van der Waals surface area contributed by atoms with Crippen molar-refractivity contribution in [2.45, 2.75) is 33.6 Å². The van der Waals surface area contributed by atoms with Gasteiger partial charge in [0.05, 0.1) is 12.7 Å². The van der Waals surface area contributed by atoms with Crippen molar-refractivity contribution in [3.63, 3.8) is 0 Å². The molecule has 0 fully saturated rings. The lowest BCUT2D eigenvalue weighted by molar-refractivity contribution is -0.128. The molecular formula is C11H20N2O2. The summed E-state index contributed by atoms with van der Waals surface area (Å²) in [7, 11) is 0. The molecule has 0 unspecified atom stereocenters. The van der Waals surface area contributed by atoms with Crippen molar-refractivity contribution in [3.8, 4) is 6.07 Å². The first-order chi connectivity index (χ1) is 7.16. The van der Waals surface area contributed by atoms with Crippen LogP contribution in [0, 0.1) is 16.7 Å². The number of carbonyl (C=O) groups is 1. The maximum Gasteiger partial charge on any atom is 0.240 e. The minimum absolute atomic E-state index is 0.185. The number of rotatable bonds is 7. The predicted molar refractivity (Wildman–Crippen MR) is 58.1 cm³/mol. The standard InChI is InChI=1S/C11H20N2O2/c1-4-11(5-2,9-12)10(14)13-7-8-15-6-3/h4-8H2,1-3H3,(H,13,14). The maximum absolute atomic E-state index is 11.7. The Hall–Kier alpha value is -1.08. The highest BCUT2D eigenvalue weighted by Crippen LogP contribution is 2.25. The van der Waals surface area contributed by atoms with Crippen LogP contribution in [0.1, 0.15) is 33.6 Å². The minimum atomic E-state index is -0.869. The van der Waals surface area contributed by atoms with Gasteiger partial charge in [0, 0.05) is 13.2 Å². The molecule has 15 heavy (non-hydrogen) atoms. The van der Waals surface area contributed by atoms with Gasteiger partial charge in [0.2, 0.25) is 5.91 Å². The number of nitrogens with zero attached hydrogens (tertiary/aromatic N) is 1. The van der Waals surface area contributed by atoms with E-state index in [0.29, 0.717) is 32.6 Å². The molecule has 0 saturated heterocycles. The van der Waals surface area contributed by atoms with E-state index >= 15 is 0 Å². The first kappa shape index (κ1) is 13.9. The van der Waals surface area contributed by atoms with Gasteiger partial charge in [0.15, 0.2) is 0 Å². The first-order valence-electron chi connectivity index (χ1n) is 5.44. The Morgan fingerprint density at radius 2 is 2.00 bits per heavy atom. The van der Waals surface area contributed by atoms with Crippen LogP contribution < -0.4 is 5.32 Å². The van der Waals surface area contributed by atoms with Gasteiger partial charge in [0.25, 0.3) is 0 Å². The fourth-order valence-corrected chi connectivity index (χ4v) is 1.33. The fourth-order valence-electron chi connectivity index (χ4n) is 1.33. The lowest BCUT2D eigenvalue weighted by atomic mass is 9.83. The molecule has 0 bridgehead atoms. The van der Waals surface area contributed by atoms with E-state index in [1.807, 2.05) is 20.8 Å². The minimum Gasteiger partial charge on any atom is -0.380 e. The molecule has 0 saturated carbocycles. The molecule has 0 aromatic heterocycles. The molecule has 1 amide bonds. The van der Waals surface area contributed by atoms with Crippen molar-refractivity contribution >= 4 is 5.91 Å². The summed E-state index contributed by atoms with van der Waals surface area (Å²) < 4.78 is 5.10. The van der Waals surface area contributed by atoms with Gasteiger partial charge in [-0.3, -0.25) is 4.79 Å². The molecule has 86 valence electrons. The average molecular weight is 212 g/mol. The van der Waals surface area contributed by atoms with Gasteiger partial charge in [-0.05, 0) is 19.8 Å². The number of carbonyl (C=O) groups excluding carboxylic acids is 1. The Morgan fingerprint density at radius 1 is 1.40 bits per heavy atom. The molecule has 0 aliphatic heterocycles. The zero-order valence-corrected chi connectivity index (χ0v) is 9.80. The highest BCUT2D eigenvalue weighted by atomic mass is 16.5. The van der Waals surface area contributed by atoms with Gasteiger partial charge >= 0.3 is 0 Å². The lowest BCUT2D eigenvalue weighted by Crippen LogP contribution is -2.40. The Bertz CT molecular complexity index is 229. The third kappa shape index (κ3) is 3.88. The van der Waals surface area contributed by atoms with E-state index in [9.17, 15) is 4.79 Å². The molecule has 1 N–H and O–H groups in total. The van der Waals surface area contributed by atoms with Gasteiger partial charge < -0.3 is 10.1 Å². The van der Waals surface area contributed by atoms with Crippen LogP contribution in [0.4, 0.5) is 0 Å². The molecule has 0 radical (unpaired) electrons. The van der Waals surface area contributed by atoms with Crippen molar-refractivity contribution in [1.82, 2.24) is 5.32 Å². The second-order valence-electron chi connectivity index (χ2n) is 3.35. The third-order valence-electron chi connectivity index (χ3n) is 2.59. The normalized spacial score (nSPS) is 10.8. The van der Waals surface area contributed by atoms with Crippen LogP contribution >= 0.6 is 0 Å². The Kier molecular flexibility index (Phi) is 6.72. The summed E-state index contributed by atoms with van der Waals surface area (Å²) in [6, 6.07) is 2.10. The molecule has 0 aliphatic rings. The lowest BCUT2D eigenvalue weighted by Gasteiger charge is -2.21. The molecule has 0 aromatic rings. The van der Waals surface area contributed by atoms with Crippen LogP contribution in [0.25, 0.3) is 0 Å². The Labute approximate surface area is 91.6 Å². The topological polar surface area (TPSA) is 62.1 Å². The van der Waals surface area contributed by atoms with E-state index in [0.717, 1.165) is 0 Å². The number of hydrogen-bond acceptors (Lipinski definition) is 3. The molecule has 0 aliphatic carbocycles. The highest BCUT2D eigenvalue weighted by Gasteiger charge is 2.34. The second-order valence-corrected chi connectivity index (χ2v) is 3.35. The number of amides is 1. The van der Waals surface area contributed by atoms with Crippen molar-refractivity contribution in [3.05, 3.63) is 0 Å². The van der Waals surface area contributed by atoms with E-state index in [1.165, 1.54) is 0 Å². The zero-order valence-electron chi connectivity index (χ0n) is 9.80. The summed E-state index contributed by atoms with van der Waals surface area (Å²) in [6.07, 6.45) is 1.08. The molecule has 4 nitrogen and oxygen atoms in total. The molecular weight excluding hydrogens is 192 g/mol. The largest absolute Gasteiger partial charge is 0.380 e. The summed E-state index contributed by atoms with van der Waals surface area (Å²) >= 11 is 0. The number of hydrogen-bond donors (Lipinski definition) is 1. The maximum atomic E-state index is 11.7. The van der Waals surface area contributed by atoms with Crippen molar-refractivity contribution in [2.24, 2.45) is 5.41 Å². The van der Waals surface area contributed by atoms with Gasteiger partial charge in [-0.15, -0.1) is 0 Å². The van der Waals surface area contributed by atoms with Crippen LogP contribution in [0.15, 0.2) is 0 Å². The molecule has 0 spiro atoms. The third-order valence-corrected chi connectivity index (χ3v) is 2.59. The summed E-state index contributed by atoms with van der Waals surface area (Å²) in [5.41, 5.74) is -0.869. The molecule has 0 heterocycles. The van der Waals surface area contributed by atoms with Crippen LogP contribution in [0.5, 0.6) is 0 Å². The summed E-state index contributed by atoms with van der Waals surface area (Å²) in [5.74, 6) is -0.185. The summed E-state index contributed by atoms with van der Waals surface area (Å²) in [6.45, 7) is 7.22. The van der Waals surface area contributed by atoms with Crippen molar-refractivity contribution in [1.29, 1.82) is 5.26 Å². The number of nitrogens with one attached hydrogen (secondary N) is 1. The Balaban J connectivity index is 4.11. The van der Waals surface area contributed by atoms with E-state index in [2.05, 4.69) is 11.4 Å². The van der Waals surface area contributed by atoms with Crippen LogP contribution in [0.3, 0.4) is 0 Å². The van der Waals surface area contributed by atoms with Crippen LogP contribution in [-0.2, 0) is 9.53 Å². The van der Waals surface area contributed by atoms with Gasteiger partial charge in [-0.25, -0.2) is 0 Å². The van der Waals surface area contributed by atoms with E-state index in [1.54, 1.807) is 0 Å². The monoisotopic (exact) mass is 212 g/mol. The predicted octanol–water partition coefficient (Wildman–Crippen LogP) is 1.47. The molecule has 0 atom stereocenters. The van der Waals surface area contributed by atoms with E-state index < -0.39 is 5.41 Å². The van der Waals surface area contributed by atoms with E-state index in [4.69, 9.17) is 10.00 Å². The number of nitriles is 1. The van der Waals surface area contributed by atoms with E-state index in [-0.39, 0.29) is 5.91 Å².